The lowest BCUT2D eigenvalue weighted by molar-refractivity contribution is 0.0935. The van der Waals surface area contributed by atoms with Crippen LogP contribution < -0.4 is 15.4 Å². The van der Waals surface area contributed by atoms with E-state index in [-0.39, 0.29) is 17.6 Å². The lowest BCUT2D eigenvalue weighted by atomic mass is 10.1. The molecule has 0 spiro atoms. The number of ether oxygens (including phenoxy) is 1. The average Bonchev–Trinajstić information content (AvgIpc) is 3.43. The van der Waals surface area contributed by atoms with Gasteiger partial charge in [0.15, 0.2) is 5.82 Å². The fourth-order valence-corrected chi connectivity index (χ4v) is 4.00. The Balaban J connectivity index is 1.23. The third-order valence-electron chi connectivity index (χ3n) is 6.11. The van der Waals surface area contributed by atoms with Crippen LogP contribution >= 0.6 is 0 Å². The summed E-state index contributed by atoms with van der Waals surface area (Å²) in [6.07, 6.45) is 6.68. The summed E-state index contributed by atoms with van der Waals surface area (Å²) >= 11 is 0. The highest BCUT2D eigenvalue weighted by molar-refractivity contribution is 5.92. The number of aromatic amines is 1. The van der Waals surface area contributed by atoms with Crippen molar-refractivity contribution in [2.75, 3.05) is 19.5 Å². The molecule has 0 radical (unpaired) electrons. The summed E-state index contributed by atoms with van der Waals surface area (Å²) in [6.45, 7) is 3.77. The van der Waals surface area contributed by atoms with E-state index in [1.807, 2.05) is 44.2 Å². The number of aliphatic imine (C=N–C) groups is 1. The molecule has 1 amide bonds. The molecule has 0 saturated carbocycles. The minimum atomic E-state index is -0.300. The van der Waals surface area contributed by atoms with E-state index in [1.54, 1.807) is 57.2 Å². The van der Waals surface area contributed by atoms with E-state index in [0.717, 1.165) is 22.5 Å². The summed E-state index contributed by atoms with van der Waals surface area (Å²) in [7, 11) is 3.26. The number of pyridine rings is 3. The van der Waals surface area contributed by atoms with E-state index in [2.05, 4.69) is 50.7 Å². The Hall–Kier alpha value is -5.52. The molecule has 5 aromatic rings. The Bertz CT molecular complexity index is 1660. The third-order valence-corrected chi connectivity index (χ3v) is 6.11. The smallest absolute Gasteiger partial charge is 0.270 e. The van der Waals surface area contributed by atoms with Gasteiger partial charge in [-0.15, -0.1) is 0 Å². The van der Waals surface area contributed by atoms with Crippen LogP contribution in [0.1, 0.15) is 40.4 Å². The van der Waals surface area contributed by atoms with Gasteiger partial charge in [0.1, 0.15) is 23.0 Å². The van der Waals surface area contributed by atoms with E-state index in [4.69, 9.17) is 4.74 Å². The van der Waals surface area contributed by atoms with Crippen molar-refractivity contribution in [2.45, 2.75) is 19.9 Å². The van der Waals surface area contributed by atoms with Crippen LogP contribution in [0.25, 0.3) is 22.6 Å². The van der Waals surface area contributed by atoms with Crippen LogP contribution in [0.15, 0.2) is 72.1 Å². The van der Waals surface area contributed by atoms with Gasteiger partial charge in [-0.3, -0.25) is 24.9 Å². The summed E-state index contributed by atoms with van der Waals surface area (Å²) in [4.78, 5) is 39.1. The number of aryl methyl sites for hydroxylation is 1. The molecule has 206 valence electrons. The lowest BCUT2D eigenvalue weighted by Gasteiger charge is -2.14. The quantitative estimate of drug-likeness (QED) is 0.228. The molecule has 0 fully saturated rings. The molecule has 3 N–H and O–H groups in total. The summed E-state index contributed by atoms with van der Waals surface area (Å²) in [5.41, 5.74) is 4.94. The molecule has 41 heavy (non-hydrogen) atoms. The van der Waals surface area contributed by atoms with Crippen LogP contribution in [0.3, 0.4) is 0 Å². The number of nitrogens with one attached hydrogen (secondary N) is 3. The first kappa shape index (κ1) is 27.1. The van der Waals surface area contributed by atoms with Crippen LogP contribution in [-0.4, -0.2) is 61.4 Å². The molecular weight excluding hydrogens is 520 g/mol. The first-order chi connectivity index (χ1) is 19.9. The van der Waals surface area contributed by atoms with Gasteiger partial charge in [-0.25, -0.2) is 15.0 Å². The van der Waals surface area contributed by atoms with Crippen LogP contribution in [-0.2, 0) is 0 Å². The van der Waals surface area contributed by atoms with E-state index in [9.17, 15) is 4.79 Å². The highest BCUT2D eigenvalue weighted by atomic mass is 16.5. The minimum Gasteiger partial charge on any atom is -0.481 e. The summed E-state index contributed by atoms with van der Waals surface area (Å²) in [6, 6.07) is 14.3. The summed E-state index contributed by atoms with van der Waals surface area (Å²) in [5.74, 6) is 1.98. The molecular formula is C29H28N10O2. The topological polar surface area (TPSA) is 156 Å². The molecule has 12 heteroatoms. The van der Waals surface area contributed by atoms with Crippen molar-refractivity contribution in [3.05, 3.63) is 89.8 Å². The number of H-pyrrole nitrogens is 1. The van der Waals surface area contributed by atoms with Crippen LogP contribution in [0.2, 0.25) is 0 Å². The van der Waals surface area contributed by atoms with E-state index < -0.39 is 0 Å². The van der Waals surface area contributed by atoms with Gasteiger partial charge in [0, 0.05) is 66.9 Å². The second-order valence-electron chi connectivity index (χ2n) is 9.13. The number of carbonyl (C=O) groups excluding carboxylic acids is 1. The number of amides is 1. The zero-order chi connectivity index (χ0) is 28.8. The van der Waals surface area contributed by atoms with Crippen molar-refractivity contribution in [1.82, 2.24) is 40.4 Å². The highest BCUT2D eigenvalue weighted by Crippen LogP contribution is 2.22. The van der Waals surface area contributed by atoms with Crippen molar-refractivity contribution < 1.29 is 9.53 Å². The monoisotopic (exact) mass is 548 g/mol. The zero-order valence-electron chi connectivity index (χ0n) is 23.0. The maximum absolute atomic E-state index is 12.9. The summed E-state index contributed by atoms with van der Waals surface area (Å²) in [5, 5.41) is 13.2. The Morgan fingerprint density at radius 3 is 2.51 bits per heavy atom. The number of nitrogens with zero attached hydrogens (tertiary/aromatic N) is 7. The Labute approximate surface area is 236 Å². The maximum Gasteiger partial charge on any atom is 0.270 e. The van der Waals surface area contributed by atoms with E-state index in [0.29, 0.717) is 34.6 Å². The fraction of sp³-hybridized carbons (Fsp3) is 0.172. The first-order valence-electron chi connectivity index (χ1n) is 12.8. The van der Waals surface area contributed by atoms with Crippen LogP contribution in [0, 0.1) is 6.92 Å². The second kappa shape index (κ2) is 12.1. The van der Waals surface area contributed by atoms with Crippen molar-refractivity contribution in [3.63, 3.8) is 0 Å². The van der Waals surface area contributed by atoms with Crippen molar-refractivity contribution >= 4 is 23.8 Å². The molecule has 5 aromatic heterocycles. The van der Waals surface area contributed by atoms with Gasteiger partial charge < -0.3 is 15.4 Å². The van der Waals surface area contributed by atoms with Crippen LogP contribution in [0.4, 0.5) is 11.6 Å². The standard InChI is InChI=1S/C29H28N10O2/c1-17-11-25(36-26-12-22(16-30-3)38-39-26)37-28(34-17)21-6-9-24(32-15-21)29(40)35-18(2)19-5-8-23(31-13-19)20-7-10-27(41-4)33-14-20/h5-16,18H,1-4H3,(H,35,40)(H2,34,36,37,38,39)/b30-16-. The molecule has 0 bridgehead atoms. The molecule has 0 aromatic carbocycles. The normalized spacial score (nSPS) is 11.8. The van der Waals surface area contributed by atoms with Gasteiger partial charge in [-0.05, 0) is 43.7 Å². The number of aromatic nitrogens is 7. The van der Waals surface area contributed by atoms with Crippen molar-refractivity contribution in [3.8, 4) is 28.5 Å². The number of methoxy groups -OCH3 is 1. The zero-order valence-corrected chi connectivity index (χ0v) is 23.0. The SMILES string of the molecule is C/N=C\c1cc(Nc2cc(C)nc(-c3ccc(C(=O)NC(C)c4ccc(-c5ccc(OC)nc5)nc4)nc3)n2)[nH]n1. The van der Waals surface area contributed by atoms with Gasteiger partial charge >= 0.3 is 0 Å². The fourth-order valence-electron chi connectivity index (χ4n) is 4.00. The van der Waals surface area contributed by atoms with Crippen molar-refractivity contribution in [2.24, 2.45) is 4.99 Å². The van der Waals surface area contributed by atoms with Gasteiger partial charge in [-0.1, -0.05) is 6.07 Å². The molecule has 0 saturated heterocycles. The molecule has 0 aliphatic heterocycles. The third kappa shape index (κ3) is 6.56. The number of anilines is 2. The van der Waals surface area contributed by atoms with Crippen LogP contribution in [0.5, 0.6) is 5.88 Å². The highest BCUT2D eigenvalue weighted by Gasteiger charge is 2.15. The van der Waals surface area contributed by atoms with Crippen molar-refractivity contribution in [1.29, 1.82) is 0 Å². The number of rotatable bonds is 9. The Kier molecular flexibility index (Phi) is 8.00. The number of hydrogen-bond donors (Lipinski definition) is 3. The van der Waals surface area contributed by atoms with E-state index in [1.165, 1.54) is 0 Å². The maximum atomic E-state index is 12.9. The van der Waals surface area contributed by atoms with E-state index >= 15 is 0 Å². The average molecular weight is 549 g/mol. The van der Waals surface area contributed by atoms with Gasteiger partial charge in [-0.2, -0.15) is 5.10 Å². The lowest BCUT2D eigenvalue weighted by Crippen LogP contribution is -2.27. The molecule has 12 nitrogen and oxygen atoms in total. The predicted molar refractivity (Wildman–Crippen MR) is 155 cm³/mol. The van der Waals surface area contributed by atoms with Gasteiger partial charge in [0.25, 0.3) is 5.91 Å². The second-order valence-corrected chi connectivity index (χ2v) is 9.13. The number of hydrogen-bond acceptors (Lipinski definition) is 10. The molecule has 5 heterocycles. The Morgan fingerprint density at radius 1 is 1.00 bits per heavy atom. The van der Waals surface area contributed by atoms with Gasteiger partial charge in [0.2, 0.25) is 5.88 Å². The molecule has 0 aliphatic rings. The largest absolute Gasteiger partial charge is 0.481 e. The number of carbonyl (C=O) groups is 1. The molecule has 1 unspecified atom stereocenters. The van der Waals surface area contributed by atoms with Gasteiger partial charge in [0.05, 0.1) is 18.8 Å². The first-order valence-corrected chi connectivity index (χ1v) is 12.8. The molecule has 0 aliphatic carbocycles. The summed E-state index contributed by atoms with van der Waals surface area (Å²) < 4.78 is 5.10. The Morgan fingerprint density at radius 2 is 1.83 bits per heavy atom. The molecule has 5 rings (SSSR count). The minimum absolute atomic E-state index is 0.278. The molecule has 1 atom stereocenters. The predicted octanol–water partition coefficient (Wildman–Crippen LogP) is 4.32.